The van der Waals surface area contributed by atoms with Gasteiger partial charge in [-0.05, 0) is 74.7 Å². The van der Waals surface area contributed by atoms with E-state index in [0.717, 1.165) is 19.4 Å². The number of likely N-dealkylation sites (tertiary alicyclic amines) is 1. The number of ether oxygens (including phenoxy) is 1. The van der Waals surface area contributed by atoms with E-state index in [9.17, 15) is 14.9 Å². The highest BCUT2D eigenvalue weighted by Gasteiger charge is 2.31. The Bertz CT molecular complexity index is 1700. The molecule has 0 spiro atoms. The number of hydrogen-bond donors (Lipinski definition) is 2. The van der Waals surface area contributed by atoms with Gasteiger partial charge >= 0.3 is 5.69 Å². The van der Waals surface area contributed by atoms with E-state index in [1.54, 1.807) is 39.8 Å². The van der Waals surface area contributed by atoms with E-state index >= 15 is 0 Å². The maximum atomic E-state index is 14.0. The number of rotatable bonds is 6. The highest BCUT2D eigenvalue weighted by atomic mass is 16.5. The quantitative estimate of drug-likeness (QED) is 0.275. The van der Waals surface area contributed by atoms with Crippen LogP contribution in [0.4, 0.5) is 5.82 Å². The summed E-state index contributed by atoms with van der Waals surface area (Å²) in [6.07, 6.45) is 6.34. The van der Waals surface area contributed by atoms with Crippen molar-refractivity contribution in [2.24, 2.45) is 0 Å². The molecule has 208 valence electrons. The number of fused-ring (bicyclic) bond motifs is 1. The second-order valence-electron chi connectivity index (χ2n) is 10.3. The number of nitriles is 1. The summed E-state index contributed by atoms with van der Waals surface area (Å²) >= 11 is 0. The molecule has 3 N–H and O–H groups in total. The lowest BCUT2D eigenvalue weighted by Gasteiger charge is -2.33. The summed E-state index contributed by atoms with van der Waals surface area (Å²) < 4.78 is 9.02. The van der Waals surface area contributed by atoms with Gasteiger partial charge in [-0.15, -0.1) is 0 Å². The van der Waals surface area contributed by atoms with E-state index in [1.807, 2.05) is 30.3 Å². The third-order valence-corrected chi connectivity index (χ3v) is 7.62. The van der Waals surface area contributed by atoms with Gasteiger partial charge in [0.25, 0.3) is 5.91 Å². The van der Waals surface area contributed by atoms with Gasteiger partial charge in [0, 0.05) is 19.1 Å². The molecule has 2 aliphatic heterocycles. The van der Waals surface area contributed by atoms with Crippen molar-refractivity contribution in [2.45, 2.75) is 37.8 Å². The van der Waals surface area contributed by atoms with Crippen LogP contribution in [-0.4, -0.2) is 55.6 Å². The molecule has 4 aromatic rings. The molecule has 0 radical (unpaired) electrons. The van der Waals surface area contributed by atoms with E-state index in [4.69, 9.17) is 10.5 Å². The largest absolute Gasteiger partial charge is 0.457 e. The van der Waals surface area contributed by atoms with Gasteiger partial charge in [-0.25, -0.2) is 14.8 Å². The molecule has 11 nitrogen and oxygen atoms in total. The van der Waals surface area contributed by atoms with Crippen LogP contribution in [0.25, 0.3) is 16.9 Å². The molecule has 0 aliphatic carbocycles. The van der Waals surface area contributed by atoms with Crippen molar-refractivity contribution in [1.29, 1.82) is 5.26 Å². The van der Waals surface area contributed by atoms with E-state index in [1.165, 1.54) is 10.9 Å². The molecule has 2 aliphatic rings. The Morgan fingerprint density at radius 2 is 1.85 bits per heavy atom. The van der Waals surface area contributed by atoms with Gasteiger partial charge in [0.15, 0.2) is 11.5 Å². The number of carbonyl (C=O) groups excluding carboxylic acids is 1. The normalized spacial score (nSPS) is 19.3. The van der Waals surface area contributed by atoms with E-state index in [-0.39, 0.29) is 41.6 Å². The van der Waals surface area contributed by atoms with Gasteiger partial charge in [-0.1, -0.05) is 18.2 Å². The third-order valence-electron chi connectivity index (χ3n) is 7.62. The molecule has 2 atom stereocenters. The zero-order chi connectivity index (χ0) is 28.3. The molecular formula is C30H30N8O3. The molecule has 11 heteroatoms. The fourth-order valence-corrected chi connectivity index (χ4v) is 5.66. The maximum absolute atomic E-state index is 14.0. The predicted octanol–water partition coefficient (Wildman–Crippen LogP) is 3.32. The number of para-hydroxylation sites is 1. The van der Waals surface area contributed by atoms with Crippen LogP contribution in [0.5, 0.6) is 11.5 Å². The zero-order valence-corrected chi connectivity index (χ0v) is 22.4. The Balaban J connectivity index is 1.32. The molecule has 4 heterocycles. The lowest BCUT2D eigenvalue weighted by molar-refractivity contribution is -0.128. The molecule has 2 aromatic carbocycles. The highest BCUT2D eigenvalue weighted by Crippen LogP contribution is 2.29. The van der Waals surface area contributed by atoms with Crippen LogP contribution in [0.2, 0.25) is 0 Å². The second-order valence-corrected chi connectivity index (χ2v) is 10.3. The van der Waals surface area contributed by atoms with Crippen LogP contribution >= 0.6 is 0 Å². The molecule has 2 saturated heterocycles. The molecule has 41 heavy (non-hydrogen) atoms. The first-order valence-corrected chi connectivity index (χ1v) is 13.7. The number of nitrogen functional groups attached to an aromatic ring is 1. The Hall–Kier alpha value is -4.95. The summed E-state index contributed by atoms with van der Waals surface area (Å²) in [5, 5.41) is 13.0. The van der Waals surface area contributed by atoms with Gasteiger partial charge in [0.1, 0.15) is 35.0 Å². The summed E-state index contributed by atoms with van der Waals surface area (Å²) in [5.74, 6) is 1.19. The van der Waals surface area contributed by atoms with Gasteiger partial charge < -0.3 is 20.7 Å². The number of nitrogens with two attached hydrogens (primary N) is 1. The fourth-order valence-electron chi connectivity index (χ4n) is 5.66. The molecule has 0 unspecified atom stereocenters. The van der Waals surface area contributed by atoms with Crippen molar-refractivity contribution in [3.05, 3.63) is 83.1 Å². The summed E-state index contributed by atoms with van der Waals surface area (Å²) in [7, 11) is 0. The molecule has 0 saturated carbocycles. The van der Waals surface area contributed by atoms with E-state index in [0.29, 0.717) is 47.7 Å². The van der Waals surface area contributed by atoms with Gasteiger partial charge in [-0.2, -0.15) is 5.26 Å². The third kappa shape index (κ3) is 5.17. The Labute approximate surface area is 236 Å². The average molecular weight is 551 g/mol. The smallest absolute Gasteiger partial charge is 0.335 e. The first kappa shape index (κ1) is 26.3. The number of piperidine rings is 1. The van der Waals surface area contributed by atoms with Gasteiger partial charge in [0.05, 0.1) is 11.7 Å². The summed E-state index contributed by atoms with van der Waals surface area (Å²) in [5.41, 5.74) is 7.48. The van der Waals surface area contributed by atoms with Crippen molar-refractivity contribution >= 4 is 22.9 Å². The summed E-state index contributed by atoms with van der Waals surface area (Å²) in [4.78, 5) is 37.6. The van der Waals surface area contributed by atoms with Crippen LogP contribution in [0.15, 0.2) is 77.4 Å². The van der Waals surface area contributed by atoms with Crippen LogP contribution in [0.1, 0.15) is 31.7 Å². The number of hydrogen-bond acceptors (Lipinski definition) is 8. The number of carbonyl (C=O) groups is 1. The minimum atomic E-state index is -0.344. The lowest BCUT2D eigenvalue weighted by Crippen LogP contribution is -2.43. The van der Waals surface area contributed by atoms with Crippen LogP contribution in [0, 0.1) is 11.3 Å². The first-order chi connectivity index (χ1) is 20.0. The van der Waals surface area contributed by atoms with Crippen molar-refractivity contribution in [2.75, 3.05) is 25.4 Å². The minimum absolute atomic E-state index is 0.0268. The number of benzene rings is 2. The monoisotopic (exact) mass is 550 g/mol. The van der Waals surface area contributed by atoms with Crippen molar-refractivity contribution in [3.63, 3.8) is 0 Å². The van der Waals surface area contributed by atoms with E-state index < -0.39 is 0 Å². The number of imidazole rings is 1. The Kier molecular flexibility index (Phi) is 7.22. The maximum Gasteiger partial charge on any atom is 0.335 e. The van der Waals surface area contributed by atoms with E-state index in [2.05, 4.69) is 21.4 Å². The molecule has 1 amide bonds. The lowest BCUT2D eigenvalue weighted by atomic mass is 10.0. The van der Waals surface area contributed by atoms with Crippen molar-refractivity contribution in [1.82, 2.24) is 29.3 Å². The van der Waals surface area contributed by atoms with Crippen molar-refractivity contribution in [3.8, 4) is 23.3 Å². The van der Waals surface area contributed by atoms with Gasteiger partial charge in [-0.3, -0.25) is 13.9 Å². The Morgan fingerprint density at radius 1 is 1.07 bits per heavy atom. The molecule has 2 aromatic heterocycles. The Morgan fingerprint density at radius 3 is 2.59 bits per heavy atom. The average Bonchev–Trinajstić information content (AvgIpc) is 3.62. The van der Waals surface area contributed by atoms with Crippen LogP contribution < -0.4 is 21.5 Å². The highest BCUT2D eigenvalue weighted by molar-refractivity contribution is 5.97. The molecular weight excluding hydrogens is 520 g/mol. The molecule has 6 rings (SSSR count). The van der Waals surface area contributed by atoms with Crippen LogP contribution in [0.3, 0.4) is 0 Å². The zero-order valence-electron chi connectivity index (χ0n) is 22.4. The number of nitrogens with zero attached hydrogens (tertiary/aromatic N) is 6. The van der Waals surface area contributed by atoms with Gasteiger partial charge in [0.2, 0.25) is 0 Å². The second kappa shape index (κ2) is 11.3. The van der Waals surface area contributed by atoms with Crippen molar-refractivity contribution < 1.29 is 9.53 Å². The minimum Gasteiger partial charge on any atom is -0.457 e. The molecule has 2 fully saturated rings. The number of amides is 1. The summed E-state index contributed by atoms with van der Waals surface area (Å²) in [6.45, 7) is 1.67. The summed E-state index contributed by atoms with van der Waals surface area (Å²) in [6, 6.07) is 18.3. The number of anilines is 1. The predicted molar refractivity (Wildman–Crippen MR) is 154 cm³/mol. The van der Waals surface area contributed by atoms with Crippen LogP contribution in [-0.2, 0) is 4.79 Å². The SMILES string of the molecule is N#CC(=C[C@@H]1CCCN1)C(=O)N1CCC[C@H](n2c(=O)n(-c3ccc(Oc4ccccc4)cc3)c3c(N)ncnc32)C1. The standard InChI is InChI=1S/C30H30N8O3/c31-17-20(16-21-6-4-14-33-21)29(39)36-15-5-7-23(18-36)38-28-26(27(32)34-19-35-28)37(30(38)40)22-10-12-25(13-11-22)41-24-8-2-1-3-9-24/h1-3,8-13,16,19,21,23,33H,4-7,14-15,18H2,(H2,32,34,35)/t21-,23-/m0/s1. The molecule has 0 bridgehead atoms. The topological polar surface area (TPSA) is 144 Å². The first-order valence-electron chi connectivity index (χ1n) is 13.7. The fraction of sp³-hybridized carbons (Fsp3) is 0.300. The number of nitrogens with one attached hydrogen (secondary N) is 1. The number of aromatic nitrogens is 4.